The molecule has 4 nitrogen and oxygen atoms in total. The standard InChI is InChI=1S/C11H12BrNO3S/c1-11(2)9-6(4-7(12)17-9)10(15)13(11)5-8(14)16-3/h4H,5H2,1-3H3. The summed E-state index contributed by atoms with van der Waals surface area (Å²) in [6.45, 7) is 3.85. The van der Waals surface area contributed by atoms with Gasteiger partial charge in [0.1, 0.15) is 6.54 Å². The smallest absolute Gasteiger partial charge is 0.325 e. The van der Waals surface area contributed by atoms with Gasteiger partial charge >= 0.3 is 5.97 Å². The number of ether oxygens (including phenoxy) is 1. The van der Waals surface area contributed by atoms with Crippen LogP contribution in [0.3, 0.4) is 0 Å². The van der Waals surface area contributed by atoms with Crippen molar-refractivity contribution in [1.82, 2.24) is 4.90 Å². The van der Waals surface area contributed by atoms with Gasteiger partial charge in [-0.05, 0) is 35.8 Å². The van der Waals surface area contributed by atoms with Gasteiger partial charge in [0.15, 0.2) is 0 Å². The Hall–Kier alpha value is -0.880. The summed E-state index contributed by atoms with van der Waals surface area (Å²) in [5, 5.41) is 0. The van der Waals surface area contributed by atoms with Crippen LogP contribution in [0, 0.1) is 0 Å². The maximum Gasteiger partial charge on any atom is 0.325 e. The van der Waals surface area contributed by atoms with E-state index in [2.05, 4.69) is 20.7 Å². The first kappa shape index (κ1) is 12.6. The Kier molecular flexibility index (Phi) is 3.03. The summed E-state index contributed by atoms with van der Waals surface area (Å²) in [6, 6.07) is 1.81. The highest BCUT2D eigenvalue weighted by Gasteiger charge is 2.45. The van der Waals surface area contributed by atoms with Gasteiger partial charge in [-0.25, -0.2) is 0 Å². The molecule has 0 saturated heterocycles. The lowest BCUT2D eigenvalue weighted by molar-refractivity contribution is -0.142. The topological polar surface area (TPSA) is 46.6 Å². The van der Waals surface area contributed by atoms with Crippen molar-refractivity contribution in [3.05, 3.63) is 20.3 Å². The van der Waals surface area contributed by atoms with Gasteiger partial charge in [-0.3, -0.25) is 9.59 Å². The lowest BCUT2D eigenvalue weighted by Crippen LogP contribution is -2.42. The highest BCUT2D eigenvalue weighted by molar-refractivity contribution is 9.11. The number of hydrogen-bond acceptors (Lipinski definition) is 4. The number of halogens is 1. The van der Waals surface area contributed by atoms with Gasteiger partial charge in [0.05, 0.1) is 22.0 Å². The summed E-state index contributed by atoms with van der Waals surface area (Å²) in [7, 11) is 1.32. The van der Waals surface area contributed by atoms with Crippen LogP contribution in [0.4, 0.5) is 0 Å². The number of nitrogens with zero attached hydrogens (tertiary/aromatic N) is 1. The molecular formula is C11H12BrNO3S. The van der Waals surface area contributed by atoms with E-state index in [0.29, 0.717) is 5.56 Å². The second-order valence-corrected chi connectivity index (χ2v) is 6.75. The minimum absolute atomic E-state index is 0.0125. The molecule has 0 N–H and O–H groups in total. The Morgan fingerprint density at radius 3 is 2.76 bits per heavy atom. The first-order valence-corrected chi connectivity index (χ1v) is 6.67. The van der Waals surface area contributed by atoms with Crippen molar-refractivity contribution in [1.29, 1.82) is 0 Å². The molecule has 0 bridgehead atoms. The van der Waals surface area contributed by atoms with E-state index in [1.165, 1.54) is 18.4 Å². The highest BCUT2D eigenvalue weighted by Crippen LogP contribution is 2.44. The Morgan fingerprint density at radius 1 is 1.59 bits per heavy atom. The van der Waals surface area contributed by atoms with E-state index in [9.17, 15) is 9.59 Å². The van der Waals surface area contributed by atoms with Gasteiger partial charge in [0.2, 0.25) is 0 Å². The zero-order valence-electron chi connectivity index (χ0n) is 9.74. The van der Waals surface area contributed by atoms with E-state index in [4.69, 9.17) is 0 Å². The molecule has 2 rings (SSSR count). The average Bonchev–Trinajstić information content (AvgIpc) is 2.72. The predicted molar refractivity (Wildman–Crippen MR) is 68.1 cm³/mol. The van der Waals surface area contributed by atoms with Crippen LogP contribution in [0.1, 0.15) is 29.1 Å². The molecule has 6 heteroatoms. The fourth-order valence-electron chi connectivity index (χ4n) is 1.96. The van der Waals surface area contributed by atoms with Crippen molar-refractivity contribution in [2.24, 2.45) is 0 Å². The number of esters is 1. The minimum Gasteiger partial charge on any atom is -0.468 e. The van der Waals surface area contributed by atoms with Crippen molar-refractivity contribution in [2.75, 3.05) is 13.7 Å². The third-order valence-corrected chi connectivity index (χ3v) is 4.87. The Labute approximate surface area is 112 Å². The quantitative estimate of drug-likeness (QED) is 0.787. The minimum atomic E-state index is -0.461. The maximum atomic E-state index is 12.2. The third-order valence-electron chi connectivity index (χ3n) is 2.92. The monoisotopic (exact) mass is 317 g/mol. The van der Waals surface area contributed by atoms with Crippen molar-refractivity contribution in [3.8, 4) is 0 Å². The van der Waals surface area contributed by atoms with Crippen LogP contribution in [-0.2, 0) is 15.1 Å². The van der Waals surface area contributed by atoms with Crippen molar-refractivity contribution in [3.63, 3.8) is 0 Å². The fourth-order valence-corrected chi connectivity index (χ4v) is 3.66. The molecule has 0 spiro atoms. The molecule has 0 fully saturated rings. The van der Waals surface area contributed by atoms with Gasteiger partial charge in [0.25, 0.3) is 5.91 Å². The highest BCUT2D eigenvalue weighted by atomic mass is 79.9. The SMILES string of the molecule is COC(=O)CN1C(=O)c2cc(Br)sc2C1(C)C. The molecule has 1 aromatic rings. The molecule has 17 heavy (non-hydrogen) atoms. The van der Waals surface area contributed by atoms with Crippen molar-refractivity contribution < 1.29 is 14.3 Å². The zero-order chi connectivity index (χ0) is 12.8. The Morgan fingerprint density at radius 2 is 2.24 bits per heavy atom. The van der Waals surface area contributed by atoms with E-state index in [0.717, 1.165) is 8.66 Å². The van der Waals surface area contributed by atoms with Crippen molar-refractivity contribution >= 4 is 39.1 Å². The zero-order valence-corrected chi connectivity index (χ0v) is 12.1. The van der Waals surface area contributed by atoms with Crippen LogP contribution in [0.5, 0.6) is 0 Å². The number of amides is 1. The summed E-state index contributed by atoms with van der Waals surface area (Å²) < 4.78 is 5.55. The molecule has 0 aliphatic carbocycles. The number of carbonyl (C=O) groups is 2. The molecule has 1 aliphatic rings. The Balaban J connectivity index is 2.37. The molecule has 92 valence electrons. The summed E-state index contributed by atoms with van der Waals surface area (Å²) in [6.07, 6.45) is 0. The summed E-state index contributed by atoms with van der Waals surface area (Å²) in [5.74, 6) is -0.516. The Bertz CT molecular complexity index is 495. The predicted octanol–water partition coefficient (Wildman–Crippen LogP) is 2.37. The molecule has 0 atom stereocenters. The number of thiophene rings is 1. The van der Waals surface area contributed by atoms with Gasteiger partial charge in [0, 0.05) is 4.88 Å². The lowest BCUT2D eigenvalue weighted by atomic mass is 10.0. The van der Waals surface area contributed by atoms with Gasteiger partial charge in [-0.1, -0.05) is 0 Å². The van der Waals surface area contributed by atoms with Crippen LogP contribution in [0.25, 0.3) is 0 Å². The number of hydrogen-bond donors (Lipinski definition) is 0. The number of fused-ring (bicyclic) bond motifs is 1. The second-order valence-electron chi connectivity index (χ2n) is 4.32. The van der Waals surface area contributed by atoms with Crippen LogP contribution in [0.15, 0.2) is 9.85 Å². The van der Waals surface area contributed by atoms with Crippen LogP contribution in [-0.4, -0.2) is 30.4 Å². The molecule has 0 aromatic carbocycles. The van der Waals surface area contributed by atoms with Crippen LogP contribution < -0.4 is 0 Å². The first-order chi connectivity index (χ1) is 7.87. The van der Waals surface area contributed by atoms with Crippen LogP contribution in [0.2, 0.25) is 0 Å². The molecule has 0 saturated carbocycles. The van der Waals surface area contributed by atoms with E-state index in [1.807, 2.05) is 13.8 Å². The summed E-state index contributed by atoms with van der Waals surface area (Å²) in [4.78, 5) is 26.0. The molecule has 1 aliphatic heterocycles. The van der Waals surface area contributed by atoms with E-state index in [-0.39, 0.29) is 12.5 Å². The van der Waals surface area contributed by atoms with Gasteiger partial charge in [-0.2, -0.15) is 0 Å². The first-order valence-electron chi connectivity index (χ1n) is 5.06. The van der Waals surface area contributed by atoms with E-state index >= 15 is 0 Å². The fraction of sp³-hybridized carbons (Fsp3) is 0.455. The number of methoxy groups -OCH3 is 1. The lowest BCUT2D eigenvalue weighted by Gasteiger charge is -2.30. The maximum absolute atomic E-state index is 12.2. The third kappa shape index (κ3) is 1.89. The molecule has 0 radical (unpaired) electrons. The molecule has 1 aromatic heterocycles. The largest absolute Gasteiger partial charge is 0.468 e. The normalized spacial score (nSPS) is 17.2. The van der Waals surface area contributed by atoms with Crippen molar-refractivity contribution in [2.45, 2.75) is 19.4 Å². The number of rotatable bonds is 2. The van der Waals surface area contributed by atoms with E-state index in [1.54, 1.807) is 11.0 Å². The second kappa shape index (κ2) is 4.10. The summed E-state index contributed by atoms with van der Waals surface area (Å²) >= 11 is 4.91. The number of carbonyl (C=O) groups excluding carboxylic acids is 2. The van der Waals surface area contributed by atoms with Gasteiger partial charge < -0.3 is 9.64 Å². The van der Waals surface area contributed by atoms with E-state index < -0.39 is 11.5 Å². The van der Waals surface area contributed by atoms with Gasteiger partial charge in [-0.15, -0.1) is 11.3 Å². The summed E-state index contributed by atoms with van der Waals surface area (Å²) in [5.41, 5.74) is 0.216. The molecule has 1 amide bonds. The molecule has 0 unspecified atom stereocenters. The van der Waals surface area contributed by atoms with Crippen LogP contribution >= 0.6 is 27.3 Å². The average molecular weight is 318 g/mol. The molecule has 2 heterocycles. The molecular weight excluding hydrogens is 306 g/mol.